The Morgan fingerprint density at radius 3 is 1.46 bits per heavy atom. The van der Waals surface area contributed by atoms with Crippen LogP contribution in [-0.4, -0.2) is 23.1 Å². The zero-order chi connectivity index (χ0) is 33.6. The molecule has 0 amide bonds. The average Bonchev–Trinajstić information content (AvgIpc) is 3.04. The summed E-state index contributed by atoms with van der Waals surface area (Å²) >= 11 is 0. The average molecular weight is 639 g/mol. The summed E-state index contributed by atoms with van der Waals surface area (Å²) in [5.74, 6) is -0.750. The second kappa shape index (κ2) is 36.8. The molecule has 0 fully saturated rings. The van der Waals surface area contributed by atoms with Crippen LogP contribution in [0.3, 0.4) is 0 Å². The van der Waals surface area contributed by atoms with Crippen LogP contribution in [-0.2, 0) is 14.3 Å². The van der Waals surface area contributed by atoms with Crippen LogP contribution in [0.4, 0.5) is 0 Å². The Morgan fingerprint density at radius 1 is 0.500 bits per heavy atom. The third-order valence-electron chi connectivity index (χ3n) is 7.89. The summed E-state index contributed by atoms with van der Waals surface area (Å²) < 4.78 is 5.97. The normalized spacial score (nSPS) is 13.1. The number of aliphatic carboxylic acids is 1. The summed E-state index contributed by atoms with van der Waals surface area (Å²) in [6, 6.07) is 0. The molecule has 1 atom stereocenters. The molecule has 0 rings (SSSR count). The Balaban J connectivity index is 4.22. The van der Waals surface area contributed by atoms with Crippen LogP contribution in [0.5, 0.6) is 0 Å². The first kappa shape index (κ1) is 43.4. The van der Waals surface area contributed by atoms with E-state index >= 15 is 0 Å². The van der Waals surface area contributed by atoms with Gasteiger partial charge in [-0.1, -0.05) is 132 Å². The van der Waals surface area contributed by atoms with Gasteiger partial charge >= 0.3 is 11.9 Å². The van der Waals surface area contributed by atoms with E-state index in [1.165, 1.54) is 32.1 Å². The van der Waals surface area contributed by atoms with E-state index in [-0.39, 0.29) is 18.5 Å². The number of carbonyl (C=O) groups is 2. The van der Waals surface area contributed by atoms with Gasteiger partial charge in [0, 0.05) is 12.8 Å². The summed E-state index contributed by atoms with van der Waals surface area (Å²) in [7, 11) is 0. The van der Waals surface area contributed by atoms with Crippen LogP contribution in [0.25, 0.3) is 0 Å². The van der Waals surface area contributed by atoms with Gasteiger partial charge in [-0.25, -0.2) is 0 Å². The van der Waals surface area contributed by atoms with E-state index in [1.54, 1.807) is 0 Å². The van der Waals surface area contributed by atoms with Crippen LogP contribution in [0.2, 0.25) is 0 Å². The molecular formula is C42H70O4. The molecule has 0 heterocycles. The minimum Gasteiger partial charge on any atom is -0.481 e. The van der Waals surface area contributed by atoms with Gasteiger partial charge < -0.3 is 9.84 Å². The van der Waals surface area contributed by atoms with Crippen LogP contribution in [0, 0.1) is 0 Å². The molecular weight excluding hydrogens is 568 g/mol. The largest absolute Gasteiger partial charge is 0.481 e. The first-order valence-electron chi connectivity index (χ1n) is 18.9. The second-order valence-corrected chi connectivity index (χ2v) is 12.4. The van der Waals surface area contributed by atoms with Crippen molar-refractivity contribution < 1.29 is 19.4 Å². The minimum atomic E-state index is -0.712. The molecule has 0 saturated carbocycles. The first-order chi connectivity index (χ1) is 22.6. The van der Waals surface area contributed by atoms with Gasteiger partial charge in [-0.05, 0) is 103 Å². The number of hydrogen-bond donors (Lipinski definition) is 1. The van der Waals surface area contributed by atoms with Gasteiger partial charge in [-0.15, -0.1) is 0 Å². The lowest BCUT2D eigenvalue weighted by atomic mass is 10.0. The van der Waals surface area contributed by atoms with Crippen molar-refractivity contribution in [3.8, 4) is 0 Å². The fourth-order valence-electron chi connectivity index (χ4n) is 5.15. The van der Waals surface area contributed by atoms with E-state index in [2.05, 4.69) is 86.8 Å². The fraction of sp³-hybridized carbons (Fsp3) is 0.667. The minimum absolute atomic E-state index is 0.00700. The lowest BCUT2D eigenvalue weighted by Crippen LogP contribution is -2.18. The van der Waals surface area contributed by atoms with Crippen LogP contribution < -0.4 is 0 Å². The highest BCUT2D eigenvalue weighted by Crippen LogP contribution is 2.18. The maximum atomic E-state index is 12.6. The smallest absolute Gasteiger partial charge is 0.306 e. The number of esters is 1. The monoisotopic (exact) mass is 639 g/mol. The van der Waals surface area contributed by atoms with Crippen molar-refractivity contribution in [2.24, 2.45) is 0 Å². The number of carbonyl (C=O) groups excluding carboxylic acids is 1. The number of ether oxygens (including phenoxy) is 1. The Hall–Kier alpha value is -2.62. The van der Waals surface area contributed by atoms with Crippen LogP contribution in [0.15, 0.2) is 72.9 Å². The molecule has 4 nitrogen and oxygen atoms in total. The Labute approximate surface area is 284 Å². The number of allylic oxidation sites excluding steroid dienone is 12. The Morgan fingerprint density at radius 2 is 0.913 bits per heavy atom. The highest BCUT2D eigenvalue weighted by molar-refractivity contribution is 5.69. The third kappa shape index (κ3) is 35.9. The summed E-state index contributed by atoms with van der Waals surface area (Å²) in [4.78, 5) is 23.3. The maximum Gasteiger partial charge on any atom is 0.306 e. The van der Waals surface area contributed by atoms with E-state index in [0.29, 0.717) is 6.42 Å². The number of hydrogen-bond acceptors (Lipinski definition) is 3. The Kier molecular flexibility index (Phi) is 34.7. The SMILES string of the molecule is CC/C=C\C/C=C\C/C=C\C/C=C\CCCCC(CCCCCCCC(=O)O)OC(=O)CCCCCCC/C=C\C/C=C\CCC. The molecule has 1 unspecified atom stereocenters. The third-order valence-corrected chi connectivity index (χ3v) is 7.89. The fourth-order valence-corrected chi connectivity index (χ4v) is 5.15. The van der Waals surface area contributed by atoms with Gasteiger partial charge in [0.2, 0.25) is 0 Å². The van der Waals surface area contributed by atoms with Crippen LogP contribution >= 0.6 is 0 Å². The molecule has 0 spiro atoms. The second-order valence-electron chi connectivity index (χ2n) is 12.4. The maximum absolute atomic E-state index is 12.6. The lowest BCUT2D eigenvalue weighted by Gasteiger charge is -2.18. The van der Waals surface area contributed by atoms with E-state index in [9.17, 15) is 9.59 Å². The summed E-state index contributed by atoms with van der Waals surface area (Å²) in [6.07, 6.45) is 51.9. The summed E-state index contributed by atoms with van der Waals surface area (Å²) in [6.45, 7) is 4.36. The number of carboxylic acid groups (broad SMARTS) is 1. The van der Waals surface area contributed by atoms with Gasteiger partial charge in [0.15, 0.2) is 0 Å². The molecule has 4 heteroatoms. The molecule has 46 heavy (non-hydrogen) atoms. The molecule has 0 aliphatic rings. The topological polar surface area (TPSA) is 63.6 Å². The van der Waals surface area contributed by atoms with Crippen molar-refractivity contribution >= 4 is 11.9 Å². The lowest BCUT2D eigenvalue weighted by molar-refractivity contribution is -0.150. The van der Waals surface area contributed by atoms with E-state index in [0.717, 1.165) is 116 Å². The molecule has 0 bridgehead atoms. The standard InChI is InChI=1S/C42H70O4/c1-3-5-7-9-11-13-15-17-18-20-21-23-25-28-32-36-40(37-33-29-27-30-34-38-41(43)44)46-42(45)39-35-31-26-24-22-19-16-14-12-10-8-6-4-2/h5,7-8,10-11,13-14,16-18,21,23,40H,3-4,6,9,12,15,19-20,22,24-39H2,1-2H3,(H,43,44)/b7-5-,10-8-,13-11-,16-14-,18-17-,23-21-. The van der Waals surface area contributed by atoms with E-state index in [1.807, 2.05) is 0 Å². The number of rotatable bonds is 33. The summed E-state index contributed by atoms with van der Waals surface area (Å²) in [5.41, 5.74) is 0. The van der Waals surface area contributed by atoms with Crippen molar-refractivity contribution in [2.45, 2.75) is 180 Å². The van der Waals surface area contributed by atoms with Gasteiger partial charge in [0.1, 0.15) is 6.10 Å². The quantitative estimate of drug-likeness (QED) is 0.0441. The molecule has 0 aromatic heterocycles. The van der Waals surface area contributed by atoms with Crippen molar-refractivity contribution in [3.63, 3.8) is 0 Å². The van der Waals surface area contributed by atoms with Gasteiger partial charge in [-0.3, -0.25) is 9.59 Å². The molecule has 0 aromatic carbocycles. The zero-order valence-corrected chi connectivity index (χ0v) is 29.9. The van der Waals surface area contributed by atoms with Crippen molar-refractivity contribution in [1.82, 2.24) is 0 Å². The number of unbranched alkanes of at least 4 members (excludes halogenated alkanes) is 12. The van der Waals surface area contributed by atoms with E-state index in [4.69, 9.17) is 9.84 Å². The Bertz CT molecular complexity index is 861. The highest BCUT2D eigenvalue weighted by Gasteiger charge is 2.14. The molecule has 262 valence electrons. The van der Waals surface area contributed by atoms with Crippen molar-refractivity contribution in [1.29, 1.82) is 0 Å². The zero-order valence-electron chi connectivity index (χ0n) is 29.9. The molecule has 1 N–H and O–H groups in total. The molecule has 0 aliphatic heterocycles. The molecule has 0 radical (unpaired) electrons. The number of carboxylic acids is 1. The van der Waals surface area contributed by atoms with Gasteiger partial charge in [-0.2, -0.15) is 0 Å². The highest BCUT2D eigenvalue weighted by atomic mass is 16.5. The van der Waals surface area contributed by atoms with Crippen LogP contribution in [0.1, 0.15) is 174 Å². The van der Waals surface area contributed by atoms with E-state index < -0.39 is 5.97 Å². The van der Waals surface area contributed by atoms with Crippen molar-refractivity contribution in [3.05, 3.63) is 72.9 Å². The molecule has 0 saturated heterocycles. The van der Waals surface area contributed by atoms with Crippen molar-refractivity contribution in [2.75, 3.05) is 0 Å². The van der Waals surface area contributed by atoms with Gasteiger partial charge in [0.05, 0.1) is 0 Å². The molecule has 0 aliphatic carbocycles. The first-order valence-corrected chi connectivity index (χ1v) is 18.9. The van der Waals surface area contributed by atoms with Gasteiger partial charge in [0.25, 0.3) is 0 Å². The predicted molar refractivity (Wildman–Crippen MR) is 199 cm³/mol. The molecule has 0 aromatic rings. The predicted octanol–water partition coefficient (Wildman–Crippen LogP) is 13.1. The summed E-state index contributed by atoms with van der Waals surface area (Å²) in [5, 5.41) is 8.81.